The van der Waals surface area contributed by atoms with Gasteiger partial charge in [-0.2, -0.15) is 15.1 Å². The number of methoxy groups -OCH3 is 1. The second kappa shape index (κ2) is 16.8. The number of benzene rings is 1. The first kappa shape index (κ1) is 36.1. The van der Waals surface area contributed by atoms with Crippen LogP contribution in [0.15, 0.2) is 36.7 Å². The number of carbonyl (C=O) groups is 1. The van der Waals surface area contributed by atoms with Crippen LogP contribution in [-0.2, 0) is 30.1 Å². The molecule has 0 bridgehead atoms. The molecule has 1 fully saturated rings. The van der Waals surface area contributed by atoms with E-state index in [0.29, 0.717) is 23.7 Å². The lowest BCUT2D eigenvalue weighted by Gasteiger charge is -2.29. The van der Waals surface area contributed by atoms with Gasteiger partial charge in [-0.05, 0) is 58.6 Å². The fourth-order valence-electron chi connectivity index (χ4n) is 4.25. The number of para-hydroxylation sites is 1. The van der Waals surface area contributed by atoms with Crippen molar-refractivity contribution in [2.24, 2.45) is 0 Å². The zero-order valence-electron chi connectivity index (χ0n) is 25.8. The Labute approximate surface area is 260 Å². The highest BCUT2D eigenvalue weighted by molar-refractivity contribution is 7.52. The van der Waals surface area contributed by atoms with Gasteiger partial charge >= 0.3 is 13.7 Å². The molecule has 15 nitrogen and oxygen atoms in total. The Morgan fingerprint density at radius 2 is 1.91 bits per heavy atom. The smallest absolute Gasteiger partial charge is 0.459 e. The molecule has 0 saturated heterocycles. The summed E-state index contributed by atoms with van der Waals surface area (Å²) in [5.74, 6) is -2.58. The number of aliphatic hydroxyl groups excluding tert-OH is 2. The molecule has 4 rings (SSSR count). The van der Waals surface area contributed by atoms with Gasteiger partial charge < -0.3 is 34.7 Å². The molecule has 0 amide bonds. The van der Waals surface area contributed by atoms with Crippen molar-refractivity contribution < 1.29 is 47.2 Å². The van der Waals surface area contributed by atoms with Gasteiger partial charge in [0.25, 0.3) is 5.85 Å². The van der Waals surface area contributed by atoms with Gasteiger partial charge in [0, 0.05) is 7.11 Å². The number of hydrogen-bond donors (Lipinski definition) is 4. The molecule has 0 aliphatic heterocycles. The zero-order chi connectivity index (χ0) is 33.0. The van der Waals surface area contributed by atoms with E-state index < -0.39 is 38.3 Å². The van der Waals surface area contributed by atoms with E-state index >= 15 is 0 Å². The summed E-state index contributed by atoms with van der Waals surface area (Å²) >= 11 is 0. The molecular weight excluding hydrogens is 614 g/mol. The average molecular weight is 657 g/mol. The Morgan fingerprint density at radius 3 is 2.51 bits per heavy atom. The summed E-state index contributed by atoms with van der Waals surface area (Å²) in [6.07, 6.45) is 4.42. The molecule has 45 heavy (non-hydrogen) atoms. The van der Waals surface area contributed by atoms with Crippen LogP contribution in [0.4, 0.5) is 10.3 Å². The second-order valence-corrected chi connectivity index (χ2v) is 11.9. The van der Waals surface area contributed by atoms with Gasteiger partial charge in [0.2, 0.25) is 11.8 Å². The molecule has 1 aliphatic rings. The Morgan fingerprint density at radius 1 is 1.22 bits per heavy atom. The van der Waals surface area contributed by atoms with E-state index in [9.17, 15) is 18.9 Å². The molecule has 4 atom stereocenters. The van der Waals surface area contributed by atoms with Crippen molar-refractivity contribution in [2.75, 3.05) is 26.1 Å². The van der Waals surface area contributed by atoms with E-state index in [4.69, 9.17) is 29.4 Å². The number of nitrogens with two attached hydrogens (primary N) is 1. The summed E-state index contributed by atoms with van der Waals surface area (Å²) in [6.45, 7) is 3.85. The van der Waals surface area contributed by atoms with Gasteiger partial charge in [-0.1, -0.05) is 24.6 Å². The standard InChI is InChI=1S/C20H31FNO7P.C8H11N5O2/c1-15(19(24)28-17-10-6-4-7-11-17)22-30(25,29-18-12-8-5-9-13-18)27-14-20(21,26-3)16(2)23;1-2-15-7-5-6(11-8(9)12-7)13(4-14)3-10-5/h5,8-9,12-13,15-17,23H,4,6-7,10-11,14H2,1-3H3,(H,22,25);3,14H,2,4H2,1H3,(H2,9,11,12)/t15?,16-,20+,30?;/m0./s1. The van der Waals surface area contributed by atoms with Gasteiger partial charge in [-0.25, -0.2) is 13.9 Å². The predicted molar refractivity (Wildman–Crippen MR) is 162 cm³/mol. The normalized spacial score (nSPS) is 17.7. The Balaban J connectivity index is 0.000000305. The van der Waals surface area contributed by atoms with E-state index in [1.807, 2.05) is 6.92 Å². The second-order valence-electron chi connectivity index (χ2n) is 10.2. The maximum atomic E-state index is 14.6. The van der Waals surface area contributed by atoms with Crippen molar-refractivity contribution in [3.63, 3.8) is 0 Å². The van der Waals surface area contributed by atoms with Gasteiger partial charge in [-0.15, -0.1) is 0 Å². The summed E-state index contributed by atoms with van der Waals surface area (Å²) in [7, 11) is -3.18. The molecule has 3 aromatic rings. The molecule has 2 unspecified atom stereocenters. The molecule has 1 saturated carbocycles. The van der Waals surface area contributed by atoms with Crippen molar-refractivity contribution in [1.29, 1.82) is 0 Å². The van der Waals surface area contributed by atoms with Crippen molar-refractivity contribution in [2.45, 2.75) is 83.7 Å². The number of aliphatic hydroxyl groups is 2. The maximum absolute atomic E-state index is 14.6. The van der Waals surface area contributed by atoms with Crippen molar-refractivity contribution >= 4 is 30.8 Å². The van der Waals surface area contributed by atoms with Gasteiger partial charge in [0.1, 0.15) is 37.3 Å². The molecule has 0 spiro atoms. The van der Waals surface area contributed by atoms with Crippen LogP contribution in [0.2, 0.25) is 0 Å². The van der Waals surface area contributed by atoms with E-state index in [-0.39, 0.29) is 24.5 Å². The topological polar surface area (TPSA) is 202 Å². The number of esters is 1. The number of imidazole rings is 1. The van der Waals surface area contributed by atoms with Crippen molar-refractivity contribution in [3.8, 4) is 11.6 Å². The first-order valence-corrected chi connectivity index (χ1v) is 16.1. The fraction of sp³-hybridized carbons (Fsp3) is 0.571. The van der Waals surface area contributed by atoms with E-state index in [0.717, 1.165) is 39.2 Å². The zero-order valence-corrected chi connectivity index (χ0v) is 26.7. The average Bonchev–Trinajstić information content (AvgIpc) is 3.44. The molecule has 0 radical (unpaired) electrons. The molecule has 1 aromatic carbocycles. The van der Waals surface area contributed by atoms with Gasteiger partial charge in [0.15, 0.2) is 11.2 Å². The Hall–Kier alpha value is -3.40. The number of nitrogens with zero attached hydrogens (tertiary/aromatic N) is 4. The minimum absolute atomic E-state index is 0.0983. The lowest BCUT2D eigenvalue weighted by Crippen LogP contribution is -2.43. The number of anilines is 1. The number of nitrogen functional groups attached to an aromatic ring is 1. The summed E-state index contributed by atoms with van der Waals surface area (Å²) in [5, 5.41) is 21.1. The van der Waals surface area contributed by atoms with E-state index in [2.05, 4.69) is 24.8 Å². The lowest BCUT2D eigenvalue weighted by atomic mass is 9.98. The van der Waals surface area contributed by atoms with E-state index in [1.165, 1.54) is 36.9 Å². The molecule has 1 aliphatic carbocycles. The molecule has 5 N–H and O–H groups in total. The van der Waals surface area contributed by atoms with Crippen LogP contribution < -0.4 is 20.1 Å². The van der Waals surface area contributed by atoms with E-state index in [1.54, 1.807) is 18.2 Å². The van der Waals surface area contributed by atoms with Crippen LogP contribution in [0.3, 0.4) is 0 Å². The number of rotatable bonds is 14. The number of carbonyl (C=O) groups excluding carboxylic acids is 1. The number of ether oxygens (including phenoxy) is 3. The molecule has 2 aromatic heterocycles. The lowest BCUT2D eigenvalue weighted by molar-refractivity contribution is -0.202. The van der Waals surface area contributed by atoms with Crippen LogP contribution in [0.1, 0.15) is 52.9 Å². The van der Waals surface area contributed by atoms with Crippen molar-refractivity contribution in [3.05, 3.63) is 36.7 Å². The number of hydrogen-bond acceptors (Lipinski definition) is 13. The number of fused-ring (bicyclic) bond motifs is 1. The van der Waals surface area contributed by atoms with Crippen LogP contribution in [0.25, 0.3) is 11.2 Å². The number of alkyl halides is 1. The minimum atomic E-state index is -4.24. The number of halogens is 1. The summed E-state index contributed by atoms with van der Waals surface area (Å²) in [4.78, 5) is 24.4. The summed E-state index contributed by atoms with van der Waals surface area (Å²) in [6, 6.07) is 7.09. The fourth-order valence-corrected chi connectivity index (χ4v) is 5.75. The third-order valence-corrected chi connectivity index (χ3v) is 8.41. The third-order valence-electron chi connectivity index (χ3n) is 6.79. The summed E-state index contributed by atoms with van der Waals surface area (Å²) < 4.78 is 55.5. The quantitative estimate of drug-likeness (QED) is 0.145. The minimum Gasteiger partial charge on any atom is -0.476 e. The number of aromatic nitrogens is 4. The molecule has 17 heteroatoms. The highest BCUT2D eigenvalue weighted by Gasteiger charge is 2.41. The molecular formula is C28H42FN6O9P. The van der Waals surface area contributed by atoms with Crippen LogP contribution in [-0.4, -0.2) is 80.1 Å². The monoisotopic (exact) mass is 656 g/mol. The predicted octanol–water partition coefficient (Wildman–Crippen LogP) is 3.49. The first-order valence-electron chi connectivity index (χ1n) is 14.5. The highest BCUT2D eigenvalue weighted by atomic mass is 31.2. The number of nitrogens with one attached hydrogen (secondary N) is 1. The summed E-state index contributed by atoms with van der Waals surface area (Å²) in [5.41, 5.74) is 6.48. The molecule has 250 valence electrons. The Bertz CT molecular complexity index is 1410. The van der Waals surface area contributed by atoms with Gasteiger partial charge in [-0.3, -0.25) is 13.9 Å². The highest BCUT2D eigenvalue weighted by Crippen LogP contribution is 2.46. The van der Waals surface area contributed by atoms with Crippen LogP contribution in [0, 0.1) is 0 Å². The van der Waals surface area contributed by atoms with Crippen LogP contribution in [0.5, 0.6) is 11.6 Å². The SMILES string of the molecule is CCOc1nc(N)nc2c1ncn2CO.CO[C@](F)(COP(=O)(NC(C)C(=O)OC1CCCCC1)Oc1ccccc1)[C@H](C)O. The molecule has 2 heterocycles. The van der Waals surface area contributed by atoms with Crippen LogP contribution >= 0.6 is 7.75 Å². The first-order chi connectivity index (χ1) is 21.4. The van der Waals surface area contributed by atoms with Gasteiger partial charge in [0.05, 0.1) is 12.9 Å². The largest absolute Gasteiger partial charge is 0.476 e. The Kier molecular flexibility index (Phi) is 13.4. The maximum Gasteiger partial charge on any atom is 0.459 e. The van der Waals surface area contributed by atoms with Crippen molar-refractivity contribution in [1.82, 2.24) is 24.6 Å². The third kappa shape index (κ3) is 10.3.